The number of rotatable bonds is 5. The van der Waals surface area contributed by atoms with Gasteiger partial charge < -0.3 is 9.52 Å². The summed E-state index contributed by atoms with van der Waals surface area (Å²) in [6.07, 6.45) is 0.767. The zero-order valence-corrected chi connectivity index (χ0v) is 8.87. The molecule has 6 heteroatoms. The smallest absolute Gasteiger partial charge is 0.303 e. The third kappa shape index (κ3) is 3.78. The third-order valence-electron chi connectivity index (χ3n) is 1.57. The quantitative estimate of drug-likeness (QED) is 0.755. The molecule has 0 spiro atoms. The normalized spacial score (nSPS) is 12.7. The number of aromatic nitrogens is 2. The van der Waals surface area contributed by atoms with Gasteiger partial charge in [-0.1, -0.05) is 18.7 Å². The number of aliphatic carboxylic acids is 1. The summed E-state index contributed by atoms with van der Waals surface area (Å²) in [4.78, 5) is 10.3. The second kappa shape index (κ2) is 4.99. The van der Waals surface area contributed by atoms with Crippen molar-refractivity contribution in [2.75, 3.05) is 0 Å². The van der Waals surface area contributed by atoms with E-state index >= 15 is 0 Å². The van der Waals surface area contributed by atoms with Crippen molar-refractivity contribution < 1.29 is 14.3 Å². The molecule has 1 unspecified atom stereocenters. The molecule has 1 heterocycles. The largest absolute Gasteiger partial charge is 0.481 e. The molecule has 0 saturated carbocycles. The van der Waals surface area contributed by atoms with Gasteiger partial charge in [-0.3, -0.25) is 4.79 Å². The summed E-state index contributed by atoms with van der Waals surface area (Å²) in [5.41, 5.74) is 0. The molecular formula is C8H12N2O3S. The van der Waals surface area contributed by atoms with E-state index in [0.29, 0.717) is 17.5 Å². The molecule has 0 fully saturated rings. The van der Waals surface area contributed by atoms with Crippen LogP contribution in [0.5, 0.6) is 0 Å². The van der Waals surface area contributed by atoms with Gasteiger partial charge >= 0.3 is 5.97 Å². The molecule has 14 heavy (non-hydrogen) atoms. The Kier molecular flexibility index (Phi) is 3.94. The highest BCUT2D eigenvalue weighted by atomic mass is 32.2. The van der Waals surface area contributed by atoms with Crippen LogP contribution in [0.3, 0.4) is 0 Å². The van der Waals surface area contributed by atoms with E-state index in [1.54, 1.807) is 6.92 Å². The number of nitrogens with zero attached hydrogens (tertiary/aromatic N) is 2. The van der Waals surface area contributed by atoms with Gasteiger partial charge in [-0.2, -0.15) is 0 Å². The molecule has 0 aliphatic heterocycles. The maximum Gasteiger partial charge on any atom is 0.303 e. The Labute approximate surface area is 85.9 Å². The number of carbonyl (C=O) groups is 1. The maximum atomic E-state index is 10.3. The van der Waals surface area contributed by atoms with Crippen molar-refractivity contribution in [3.8, 4) is 0 Å². The van der Waals surface area contributed by atoms with Gasteiger partial charge in [0.15, 0.2) is 0 Å². The second-order valence-corrected chi connectivity index (χ2v) is 4.34. The fourth-order valence-corrected chi connectivity index (χ4v) is 1.72. The van der Waals surface area contributed by atoms with Crippen LogP contribution >= 0.6 is 11.8 Å². The van der Waals surface area contributed by atoms with Gasteiger partial charge in [0, 0.05) is 18.6 Å². The highest BCUT2D eigenvalue weighted by molar-refractivity contribution is 7.99. The van der Waals surface area contributed by atoms with E-state index in [2.05, 4.69) is 10.2 Å². The summed E-state index contributed by atoms with van der Waals surface area (Å²) in [5, 5.41) is 16.6. The predicted octanol–water partition coefficient (Wildman–Crippen LogP) is 1.72. The lowest BCUT2D eigenvalue weighted by molar-refractivity contribution is -0.137. The second-order valence-electron chi connectivity index (χ2n) is 2.95. The lowest BCUT2D eigenvalue weighted by Gasteiger charge is -2.04. The average Bonchev–Trinajstić information content (AvgIpc) is 2.48. The van der Waals surface area contributed by atoms with Gasteiger partial charge in [0.05, 0.1) is 0 Å². The fraction of sp³-hybridized carbons (Fsp3) is 0.625. The zero-order valence-electron chi connectivity index (χ0n) is 8.06. The minimum absolute atomic E-state index is 0.168. The molecule has 0 saturated heterocycles. The Morgan fingerprint density at radius 3 is 2.86 bits per heavy atom. The number of carboxylic acid groups (broad SMARTS) is 1. The molecular weight excluding hydrogens is 204 g/mol. The molecule has 0 aromatic carbocycles. The van der Waals surface area contributed by atoms with E-state index in [1.807, 2.05) is 6.92 Å². The van der Waals surface area contributed by atoms with E-state index in [4.69, 9.17) is 9.52 Å². The lowest BCUT2D eigenvalue weighted by atomic mass is 10.2. The number of thioether (sulfide) groups is 1. The van der Waals surface area contributed by atoms with Crippen molar-refractivity contribution in [2.45, 2.75) is 37.2 Å². The number of hydrogen-bond acceptors (Lipinski definition) is 5. The topological polar surface area (TPSA) is 76.2 Å². The van der Waals surface area contributed by atoms with Crippen LogP contribution in [-0.2, 0) is 4.79 Å². The van der Waals surface area contributed by atoms with Gasteiger partial charge in [0.2, 0.25) is 5.89 Å². The van der Waals surface area contributed by atoms with Crippen molar-refractivity contribution in [1.82, 2.24) is 10.2 Å². The first-order valence-corrected chi connectivity index (χ1v) is 5.14. The van der Waals surface area contributed by atoms with Gasteiger partial charge in [-0.15, -0.1) is 10.2 Å². The van der Waals surface area contributed by atoms with Crippen molar-refractivity contribution in [2.24, 2.45) is 0 Å². The first-order valence-electron chi connectivity index (χ1n) is 4.26. The molecule has 0 amide bonds. The molecule has 0 radical (unpaired) electrons. The summed E-state index contributed by atoms with van der Waals surface area (Å²) in [7, 11) is 0. The fourth-order valence-electron chi connectivity index (χ4n) is 0.884. The van der Waals surface area contributed by atoms with E-state index in [9.17, 15) is 4.79 Å². The summed E-state index contributed by atoms with van der Waals surface area (Å²) in [5.74, 6) is -0.253. The van der Waals surface area contributed by atoms with Crippen molar-refractivity contribution >= 4 is 17.7 Å². The molecule has 0 aliphatic rings. The minimum Gasteiger partial charge on any atom is -0.481 e. The minimum atomic E-state index is -0.779. The Morgan fingerprint density at radius 1 is 1.64 bits per heavy atom. The first-order chi connectivity index (χ1) is 6.58. The van der Waals surface area contributed by atoms with E-state index in [1.165, 1.54) is 11.8 Å². The highest BCUT2D eigenvalue weighted by Crippen LogP contribution is 2.24. The molecule has 0 aliphatic carbocycles. The third-order valence-corrected chi connectivity index (χ3v) is 2.58. The molecule has 1 aromatic heterocycles. The first kappa shape index (κ1) is 11.0. The van der Waals surface area contributed by atoms with Crippen LogP contribution in [0, 0.1) is 6.92 Å². The lowest BCUT2D eigenvalue weighted by Crippen LogP contribution is -2.02. The number of carboxylic acids is 1. The van der Waals surface area contributed by atoms with Gasteiger partial charge in [0.25, 0.3) is 5.22 Å². The molecule has 5 nitrogen and oxygen atoms in total. The summed E-state index contributed by atoms with van der Waals surface area (Å²) < 4.78 is 5.15. The van der Waals surface area contributed by atoms with Crippen molar-refractivity contribution in [3.63, 3.8) is 0 Å². The highest BCUT2D eigenvalue weighted by Gasteiger charge is 2.11. The van der Waals surface area contributed by atoms with Crippen LogP contribution < -0.4 is 0 Å². The zero-order chi connectivity index (χ0) is 10.6. The molecule has 1 N–H and O–H groups in total. The number of aryl methyl sites for hydroxylation is 1. The van der Waals surface area contributed by atoms with Crippen molar-refractivity contribution in [3.05, 3.63) is 5.89 Å². The van der Waals surface area contributed by atoms with E-state index < -0.39 is 5.97 Å². The van der Waals surface area contributed by atoms with Crippen LogP contribution in [0.15, 0.2) is 9.64 Å². The predicted molar refractivity (Wildman–Crippen MR) is 51.2 cm³/mol. The Balaban J connectivity index is 2.33. The van der Waals surface area contributed by atoms with E-state index in [0.717, 1.165) is 0 Å². The molecule has 1 atom stereocenters. The summed E-state index contributed by atoms with van der Waals surface area (Å²) in [6, 6.07) is 0. The molecule has 1 aromatic rings. The SMILES string of the molecule is Cc1nnc(SC(C)CCC(=O)O)o1. The summed E-state index contributed by atoms with van der Waals surface area (Å²) >= 11 is 1.40. The molecule has 1 rings (SSSR count). The van der Waals surface area contributed by atoms with Crippen LogP contribution in [0.25, 0.3) is 0 Å². The maximum absolute atomic E-state index is 10.3. The Morgan fingerprint density at radius 2 is 2.36 bits per heavy atom. The molecule has 0 bridgehead atoms. The van der Waals surface area contributed by atoms with Gasteiger partial charge in [0.1, 0.15) is 0 Å². The van der Waals surface area contributed by atoms with Crippen LogP contribution in [0.4, 0.5) is 0 Å². The monoisotopic (exact) mass is 216 g/mol. The van der Waals surface area contributed by atoms with Crippen molar-refractivity contribution in [1.29, 1.82) is 0 Å². The van der Waals surface area contributed by atoms with E-state index in [-0.39, 0.29) is 11.7 Å². The molecule has 78 valence electrons. The van der Waals surface area contributed by atoms with Gasteiger partial charge in [-0.25, -0.2) is 0 Å². The van der Waals surface area contributed by atoms with Gasteiger partial charge in [-0.05, 0) is 6.42 Å². The van der Waals surface area contributed by atoms with Crippen LogP contribution in [0.2, 0.25) is 0 Å². The standard InChI is InChI=1S/C8H12N2O3S/c1-5(3-4-7(11)12)14-8-10-9-6(2)13-8/h5H,3-4H2,1-2H3,(H,11,12). The Bertz CT molecular complexity index is 313. The Hall–Kier alpha value is -1.04. The van der Waals surface area contributed by atoms with Crippen LogP contribution in [-0.4, -0.2) is 26.5 Å². The average molecular weight is 216 g/mol. The van der Waals surface area contributed by atoms with Crippen LogP contribution in [0.1, 0.15) is 25.7 Å². The number of hydrogen-bond donors (Lipinski definition) is 1. The summed E-state index contributed by atoms with van der Waals surface area (Å²) in [6.45, 7) is 3.66.